The van der Waals surface area contributed by atoms with Crippen LogP contribution in [0.5, 0.6) is 0 Å². The topological polar surface area (TPSA) is 32.3 Å². The number of rotatable bonds is 3. The van der Waals surface area contributed by atoms with Crippen molar-refractivity contribution in [1.29, 1.82) is 0 Å². The van der Waals surface area contributed by atoms with Crippen LogP contribution in [0.2, 0.25) is 0 Å². The lowest BCUT2D eigenvalue weighted by molar-refractivity contribution is 0.331. The Balaban J connectivity index is 3.91. The number of hydrogen-bond donors (Lipinski definition) is 2. The summed E-state index contributed by atoms with van der Waals surface area (Å²) in [5.74, 6) is 0. The number of allylic oxidation sites excluding steroid dienone is 2. The first-order chi connectivity index (χ1) is 4.70. The number of aliphatic hydroxyl groups is 1. The summed E-state index contributed by atoms with van der Waals surface area (Å²) in [5.41, 5.74) is 0.883. The van der Waals surface area contributed by atoms with E-state index in [9.17, 15) is 0 Å². The fourth-order valence-corrected chi connectivity index (χ4v) is 0.414. The van der Waals surface area contributed by atoms with Crippen molar-refractivity contribution in [3.05, 3.63) is 22.9 Å². The Hall–Kier alpha value is -0.470. The number of hydrogen-bond acceptors (Lipinski definition) is 2. The molecule has 0 bridgehead atoms. The van der Waals surface area contributed by atoms with Gasteiger partial charge in [-0.25, -0.2) is 0 Å². The molecule has 0 atom stereocenters. The molecule has 0 aliphatic heterocycles. The molecule has 0 fully saturated rings. The van der Waals surface area contributed by atoms with Crippen molar-refractivity contribution < 1.29 is 5.11 Å². The van der Waals surface area contributed by atoms with E-state index in [1.807, 2.05) is 6.92 Å². The zero-order valence-corrected chi connectivity index (χ0v) is 6.94. The predicted octanol–water partition coefficient (Wildman–Crippen LogP) is 1.22. The SMILES string of the molecule is CN/C(Cl)=C\C=C(/C)CO. The Kier molecular flexibility index (Phi) is 5.08. The Morgan fingerprint density at radius 2 is 2.20 bits per heavy atom. The minimum Gasteiger partial charge on any atom is -0.392 e. The molecule has 0 aromatic carbocycles. The zero-order valence-electron chi connectivity index (χ0n) is 6.19. The molecule has 0 aromatic heterocycles. The number of aliphatic hydroxyl groups excluding tert-OH is 1. The highest BCUT2D eigenvalue weighted by molar-refractivity contribution is 6.29. The first-order valence-corrected chi connectivity index (χ1v) is 3.40. The van der Waals surface area contributed by atoms with E-state index < -0.39 is 0 Å². The third-order valence-corrected chi connectivity index (χ3v) is 1.32. The molecule has 0 radical (unpaired) electrons. The van der Waals surface area contributed by atoms with Crippen LogP contribution >= 0.6 is 11.6 Å². The Labute approximate surface area is 66.2 Å². The summed E-state index contributed by atoms with van der Waals surface area (Å²) in [5, 5.41) is 11.9. The van der Waals surface area contributed by atoms with Gasteiger partial charge >= 0.3 is 0 Å². The van der Waals surface area contributed by atoms with Gasteiger partial charge in [0.15, 0.2) is 0 Å². The quantitative estimate of drug-likeness (QED) is 0.482. The van der Waals surface area contributed by atoms with E-state index in [-0.39, 0.29) is 6.61 Å². The lowest BCUT2D eigenvalue weighted by Gasteiger charge is -1.93. The zero-order chi connectivity index (χ0) is 7.98. The smallest absolute Gasteiger partial charge is 0.101 e. The van der Waals surface area contributed by atoms with Crippen molar-refractivity contribution in [2.45, 2.75) is 6.92 Å². The molecule has 0 heterocycles. The summed E-state index contributed by atoms with van der Waals surface area (Å²) in [6, 6.07) is 0. The highest BCUT2D eigenvalue weighted by atomic mass is 35.5. The van der Waals surface area contributed by atoms with E-state index in [0.717, 1.165) is 5.57 Å². The number of nitrogens with one attached hydrogen (secondary N) is 1. The third kappa shape index (κ3) is 4.41. The molecule has 0 spiro atoms. The monoisotopic (exact) mass is 161 g/mol. The maximum absolute atomic E-state index is 8.56. The summed E-state index contributed by atoms with van der Waals surface area (Å²) < 4.78 is 0. The molecule has 2 nitrogen and oxygen atoms in total. The summed E-state index contributed by atoms with van der Waals surface area (Å²) in [6.07, 6.45) is 3.46. The normalized spacial score (nSPS) is 13.6. The van der Waals surface area contributed by atoms with Crippen molar-refractivity contribution in [2.75, 3.05) is 13.7 Å². The van der Waals surface area contributed by atoms with Crippen LogP contribution in [0, 0.1) is 0 Å². The second kappa shape index (κ2) is 5.33. The molecule has 0 aliphatic carbocycles. The molecule has 58 valence electrons. The summed E-state index contributed by atoms with van der Waals surface area (Å²) in [4.78, 5) is 0. The molecule has 2 N–H and O–H groups in total. The predicted molar refractivity (Wildman–Crippen MR) is 43.8 cm³/mol. The maximum Gasteiger partial charge on any atom is 0.101 e. The summed E-state index contributed by atoms with van der Waals surface area (Å²) >= 11 is 5.59. The fraction of sp³-hybridized carbons (Fsp3) is 0.429. The van der Waals surface area contributed by atoms with Gasteiger partial charge in [-0.05, 0) is 18.6 Å². The van der Waals surface area contributed by atoms with E-state index in [4.69, 9.17) is 16.7 Å². The van der Waals surface area contributed by atoms with Gasteiger partial charge in [0.1, 0.15) is 5.16 Å². The minimum absolute atomic E-state index is 0.0738. The summed E-state index contributed by atoms with van der Waals surface area (Å²) in [6.45, 7) is 1.90. The molecular formula is C7H12ClNO. The molecule has 0 saturated carbocycles. The standard InChI is InChI=1S/C7H12ClNO/c1-6(5-10)3-4-7(8)9-2/h3-4,9-10H,5H2,1-2H3/b6-3+,7-4-. The van der Waals surface area contributed by atoms with Crippen LogP contribution in [0.4, 0.5) is 0 Å². The van der Waals surface area contributed by atoms with Crippen LogP contribution < -0.4 is 5.32 Å². The van der Waals surface area contributed by atoms with E-state index in [1.165, 1.54) is 0 Å². The maximum atomic E-state index is 8.56. The number of halogens is 1. The molecule has 0 rings (SSSR count). The molecule has 0 aromatic rings. The first kappa shape index (κ1) is 9.53. The van der Waals surface area contributed by atoms with Gasteiger partial charge in [-0.1, -0.05) is 17.7 Å². The average molecular weight is 162 g/mol. The van der Waals surface area contributed by atoms with Crippen LogP contribution in [0.25, 0.3) is 0 Å². The Morgan fingerprint density at radius 3 is 2.60 bits per heavy atom. The molecule has 0 saturated heterocycles. The molecule has 0 unspecified atom stereocenters. The van der Waals surface area contributed by atoms with Crippen molar-refractivity contribution in [2.24, 2.45) is 0 Å². The van der Waals surface area contributed by atoms with E-state index >= 15 is 0 Å². The molecule has 0 aliphatic rings. The van der Waals surface area contributed by atoms with Gasteiger partial charge in [-0.3, -0.25) is 0 Å². The molecular weight excluding hydrogens is 150 g/mol. The molecule has 0 amide bonds. The lowest BCUT2D eigenvalue weighted by Crippen LogP contribution is -1.98. The van der Waals surface area contributed by atoms with Gasteiger partial charge in [0, 0.05) is 7.05 Å². The van der Waals surface area contributed by atoms with Crippen molar-refractivity contribution in [3.8, 4) is 0 Å². The molecule has 10 heavy (non-hydrogen) atoms. The Bertz CT molecular complexity index is 134. The summed E-state index contributed by atoms with van der Waals surface area (Å²) in [7, 11) is 1.74. The van der Waals surface area contributed by atoms with Crippen molar-refractivity contribution in [3.63, 3.8) is 0 Å². The van der Waals surface area contributed by atoms with E-state index in [1.54, 1.807) is 19.2 Å². The first-order valence-electron chi connectivity index (χ1n) is 3.02. The van der Waals surface area contributed by atoms with E-state index in [2.05, 4.69) is 5.32 Å². The van der Waals surface area contributed by atoms with Gasteiger partial charge in [0.05, 0.1) is 6.61 Å². The van der Waals surface area contributed by atoms with E-state index in [0.29, 0.717) is 5.16 Å². The van der Waals surface area contributed by atoms with Crippen LogP contribution in [-0.4, -0.2) is 18.8 Å². The van der Waals surface area contributed by atoms with Crippen molar-refractivity contribution >= 4 is 11.6 Å². The second-order valence-corrected chi connectivity index (χ2v) is 2.34. The van der Waals surface area contributed by atoms with Crippen LogP contribution in [0.3, 0.4) is 0 Å². The highest BCUT2D eigenvalue weighted by Crippen LogP contribution is 1.97. The third-order valence-electron chi connectivity index (χ3n) is 1.00. The van der Waals surface area contributed by atoms with Crippen LogP contribution in [-0.2, 0) is 0 Å². The minimum atomic E-state index is 0.0738. The average Bonchev–Trinajstić information content (AvgIpc) is 1.99. The largest absolute Gasteiger partial charge is 0.392 e. The van der Waals surface area contributed by atoms with Gasteiger partial charge < -0.3 is 10.4 Å². The highest BCUT2D eigenvalue weighted by Gasteiger charge is 1.83. The van der Waals surface area contributed by atoms with Crippen LogP contribution in [0.15, 0.2) is 22.9 Å². The van der Waals surface area contributed by atoms with Crippen LogP contribution in [0.1, 0.15) is 6.92 Å². The van der Waals surface area contributed by atoms with Gasteiger partial charge in [-0.2, -0.15) is 0 Å². The Morgan fingerprint density at radius 1 is 1.60 bits per heavy atom. The second-order valence-electron chi connectivity index (χ2n) is 1.94. The lowest BCUT2D eigenvalue weighted by atomic mass is 10.3. The van der Waals surface area contributed by atoms with Gasteiger partial charge in [0.25, 0.3) is 0 Å². The molecule has 3 heteroatoms. The van der Waals surface area contributed by atoms with Crippen molar-refractivity contribution in [1.82, 2.24) is 5.32 Å². The van der Waals surface area contributed by atoms with Gasteiger partial charge in [-0.15, -0.1) is 0 Å². The fourth-order valence-electron chi connectivity index (χ4n) is 0.351. The van der Waals surface area contributed by atoms with Gasteiger partial charge in [0.2, 0.25) is 0 Å².